The zero-order valence-corrected chi connectivity index (χ0v) is 10.2. The van der Waals surface area contributed by atoms with E-state index in [2.05, 4.69) is 45.0 Å². The zero-order valence-electron chi connectivity index (χ0n) is 10.2. The molecule has 0 bridgehead atoms. The van der Waals surface area contributed by atoms with Crippen LogP contribution in [0.1, 0.15) is 34.1 Å². The van der Waals surface area contributed by atoms with Gasteiger partial charge in [0.15, 0.2) is 0 Å². The van der Waals surface area contributed by atoms with Gasteiger partial charge in [0, 0.05) is 24.8 Å². The summed E-state index contributed by atoms with van der Waals surface area (Å²) < 4.78 is 0. The summed E-state index contributed by atoms with van der Waals surface area (Å²) in [5.41, 5.74) is 2.98. The van der Waals surface area contributed by atoms with Gasteiger partial charge < -0.3 is 10.2 Å². The first-order valence-electron chi connectivity index (χ1n) is 5.64. The highest BCUT2D eigenvalue weighted by Gasteiger charge is 2.15. The molecule has 0 fully saturated rings. The lowest BCUT2D eigenvalue weighted by molar-refractivity contribution is 0.332. The number of hydrogen-bond acceptors (Lipinski definition) is 2. The van der Waals surface area contributed by atoms with Crippen LogP contribution in [0.25, 0.3) is 0 Å². The third-order valence-electron chi connectivity index (χ3n) is 3.17. The quantitative estimate of drug-likeness (QED) is 0.744. The lowest BCUT2D eigenvalue weighted by atomic mass is 10.0. The van der Waals surface area contributed by atoms with Gasteiger partial charge in [0.25, 0.3) is 0 Å². The van der Waals surface area contributed by atoms with Gasteiger partial charge in [-0.05, 0) is 38.8 Å². The molecule has 2 nitrogen and oxygen atoms in total. The molecule has 0 aromatic carbocycles. The first kappa shape index (κ1) is 11.6. The summed E-state index contributed by atoms with van der Waals surface area (Å²) >= 11 is 0. The molecule has 14 heavy (non-hydrogen) atoms. The lowest BCUT2D eigenvalue weighted by Crippen LogP contribution is -2.36. The molecule has 1 atom stereocenters. The van der Waals surface area contributed by atoms with Crippen molar-refractivity contribution < 1.29 is 0 Å². The van der Waals surface area contributed by atoms with Crippen LogP contribution in [-0.4, -0.2) is 31.1 Å². The van der Waals surface area contributed by atoms with E-state index in [1.165, 1.54) is 24.2 Å². The Morgan fingerprint density at radius 2 is 1.93 bits per heavy atom. The number of nitrogens with one attached hydrogen (secondary N) is 1. The van der Waals surface area contributed by atoms with E-state index in [9.17, 15) is 0 Å². The van der Waals surface area contributed by atoms with E-state index in [0.717, 1.165) is 6.54 Å². The molecule has 0 aliphatic carbocycles. The average molecular weight is 196 g/mol. The van der Waals surface area contributed by atoms with Crippen molar-refractivity contribution in [3.63, 3.8) is 0 Å². The van der Waals surface area contributed by atoms with Crippen molar-refractivity contribution in [3.8, 4) is 0 Å². The molecule has 0 spiro atoms. The molecule has 0 amide bonds. The molecule has 0 aromatic heterocycles. The van der Waals surface area contributed by atoms with Gasteiger partial charge in [-0.3, -0.25) is 0 Å². The van der Waals surface area contributed by atoms with Crippen molar-refractivity contribution in [1.29, 1.82) is 0 Å². The van der Waals surface area contributed by atoms with E-state index in [4.69, 9.17) is 0 Å². The summed E-state index contributed by atoms with van der Waals surface area (Å²) in [5, 5.41) is 3.64. The SMILES string of the molecule is CC1=C(N[C@@H](C)C(C)C)CCN(C)C1. The van der Waals surface area contributed by atoms with E-state index in [-0.39, 0.29) is 0 Å². The fourth-order valence-electron chi connectivity index (χ4n) is 1.73. The monoisotopic (exact) mass is 196 g/mol. The Morgan fingerprint density at radius 3 is 2.43 bits per heavy atom. The van der Waals surface area contributed by atoms with Gasteiger partial charge in [-0.15, -0.1) is 0 Å². The van der Waals surface area contributed by atoms with Crippen molar-refractivity contribution in [2.45, 2.75) is 40.2 Å². The Balaban J connectivity index is 2.55. The molecular formula is C12H24N2. The topological polar surface area (TPSA) is 15.3 Å². The maximum Gasteiger partial charge on any atom is 0.0252 e. The van der Waals surface area contributed by atoms with Crippen molar-refractivity contribution in [2.75, 3.05) is 20.1 Å². The third kappa shape index (κ3) is 3.02. The Bertz CT molecular complexity index is 218. The molecule has 0 radical (unpaired) electrons. The minimum atomic E-state index is 0.586. The van der Waals surface area contributed by atoms with Gasteiger partial charge in [-0.1, -0.05) is 13.8 Å². The molecule has 0 aromatic rings. The molecule has 1 aliphatic heterocycles. The first-order valence-corrected chi connectivity index (χ1v) is 5.64. The Hall–Kier alpha value is -0.500. The predicted octanol–water partition coefficient (Wildman–Crippen LogP) is 2.23. The standard InChI is InChI=1S/C12H24N2/c1-9(2)11(4)13-12-6-7-14(5)8-10(12)3/h9,11,13H,6-8H2,1-5H3/t11-/m0/s1. The van der Waals surface area contributed by atoms with Gasteiger partial charge >= 0.3 is 0 Å². The maximum atomic E-state index is 3.64. The summed E-state index contributed by atoms with van der Waals surface area (Å²) in [7, 11) is 2.19. The van der Waals surface area contributed by atoms with Gasteiger partial charge in [-0.2, -0.15) is 0 Å². The van der Waals surface area contributed by atoms with Crippen LogP contribution in [0.2, 0.25) is 0 Å². The van der Waals surface area contributed by atoms with Crippen LogP contribution in [0.3, 0.4) is 0 Å². The smallest absolute Gasteiger partial charge is 0.0252 e. The largest absolute Gasteiger partial charge is 0.386 e. The third-order valence-corrected chi connectivity index (χ3v) is 3.17. The minimum Gasteiger partial charge on any atom is -0.386 e. The highest BCUT2D eigenvalue weighted by Crippen LogP contribution is 2.15. The average Bonchev–Trinajstić information content (AvgIpc) is 2.09. The Labute approximate surface area is 88.4 Å². The van der Waals surface area contributed by atoms with Crippen LogP contribution >= 0.6 is 0 Å². The zero-order chi connectivity index (χ0) is 10.7. The normalized spacial score (nSPS) is 21.6. The molecule has 0 unspecified atom stereocenters. The van der Waals surface area contributed by atoms with Crippen LogP contribution in [-0.2, 0) is 0 Å². The van der Waals surface area contributed by atoms with Gasteiger partial charge in [0.05, 0.1) is 0 Å². The maximum absolute atomic E-state index is 3.64. The molecule has 82 valence electrons. The van der Waals surface area contributed by atoms with Crippen LogP contribution in [0.5, 0.6) is 0 Å². The van der Waals surface area contributed by atoms with E-state index < -0.39 is 0 Å². The molecule has 0 saturated carbocycles. The molecule has 0 saturated heterocycles. The molecular weight excluding hydrogens is 172 g/mol. The van der Waals surface area contributed by atoms with Gasteiger partial charge in [-0.25, -0.2) is 0 Å². The highest BCUT2D eigenvalue weighted by atomic mass is 15.1. The van der Waals surface area contributed by atoms with Gasteiger partial charge in [0.2, 0.25) is 0 Å². The highest BCUT2D eigenvalue weighted by molar-refractivity contribution is 5.15. The van der Waals surface area contributed by atoms with Gasteiger partial charge in [0.1, 0.15) is 0 Å². The number of nitrogens with zero attached hydrogens (tertiary/aromatic N) is 1. The summed E-state index contributed by atoms with van der Waals surface area (Å²) in [4.78, 5) is 2.38. The molecule has 1 aliphatic rings. The second-order valence-corrected chi connectivity index (χ2v) is 4.92. The van der Waals surface area contributed by atoms with Crippen LogP contribution in [0, 0.1) is 5.92 Å². The van der Waals surface area contributed by atoms with Crippen molar-refractivity contribution >= 4 is 0 Å². The minimum absolute atomic E-state index is 0.586. The lowest BCUT2D eigenvalue weighted by Gasteiger charge is -2.30. The number of hydrogen-bond donors (Lipinski definition) is 1. The Morgan fingerprint density at radius 1 is 1.29 bits per heavy atom. The van der Waals surface area contributed by atoms with Crippen molar-refractivity contribution in [3.05, 3.63) is 11.3 Å². The van der Waals surface area contributed by atoms with E-state index >= 15 is 0 Å². The Kier molecular flexibility index (Phi) is 3.99. The van der Waals surface area contributed by atoms with E-state index in [1.807, 2.05) is 0 Å². The molecule has 1 N–H and O–H groups in total. The van der Waals surface area contributed by atoms with Crippen LogP contribution in [0.15, 0.2) is 11.3 Å². The summed E-state index contributed by atoms with van der Waals surface area (Å²) in [6.45, 7) is 11.3. The summed E-state index contributed by atoms with van der Waals surface area (Å²) in [6, 6.07) is 0.586. The summed E-state index contributed by atoms with van der Waals surface area (Å²) in [5.74, 6) is 0.704. The number of likely N-dealkylation sites (N-methyl/N-ethyl adjacent to an activating group) is 1. The second-order valence-electron chi connectivity index (χ2n) is 4.92. The van der Waals surface area contributed by atoms with E-state index in [1.54, 1.807) is 0 Å². The van der Waals surface area contributed by atoms with Crippen LogP contribution < -0.4 is 5.32 Å². The fourth-order valence-corrected chi connectivity index (χ4v) is 1.73. The predicted molar refractivity (Wildman–Crippen MR) is 62.2 cm³/mol. The molecule has 2 heteroatoms. The molecule has 1 rings (SSSR count). The summed E-state index contributed by atoms with van der Waals surface area (Å²) in [6.07, 6.45) is 1.18. The van der Waals surface area contributed by atoms with Crippen LogP contribution in [0.4, 0.5) is 0 Å². The number of rotatable bonds is 3. The van der Waals surface area contributed by atoms with Crippen molar-refractivity contribution in [2.24, 2.45) is 5.92 Å². The second kappa shape index (κ2) is 4.83. The molecule has 1 heterocycles. The van der Waals surface area contributed by atoms with E-state index in [0.29, 0.717) is 12.0 Å². The van der Waals surface area contributed by atoms with Crippen molar-refractivity contribution in [1.82, 2.24) is 10.2 Å². The first-order chi connectivity index (χ1) is 6.50. The fraction of sp³-hybridized carbons (Fsp3) is 0.833.